The predicted molar refractivity (Wildman–Crippen MR) is 103 cm³/mol. The highest BCUT2D eigenvalue weighted by atomic mass is 32.2. The number of nitrogens with zero attached hydrogens (tertiary/aromatic N) is 3. The quantitative estimate of drug-likeness (QED) is 0.729. The Morgan fingerprint density at radius 2 is 2.08 bits per heavy atom. The van der Waals surface area contributed by atoms with E-state index in [4.69, 9.17) is 0 Å². The van der Waals surface area contributed by atoms with Crippen LogP contribution < -0.4 is 10.6 Å². The normalized spacial score (nSPS) is 14.5. The Bertz CT molecular complexity index is 849. The van der Waals surface area contributed by atoms with E-state index in [9.17, 15) is 13.2 Å². The van der Waals surface area contributed by atoms with Gasteiger partial charge in [0.05, 0.1) is 18.0 Å². The maximum atomic E-state index is 12.1. The molecule has 1 aliphatic carbocycles. The molecule has 3 rings (SSSR count). The number of nitrogens with one attached hydrogen (secondary N) is 2. The second-order valence-electron chi connectivity index (χ2n) is 6.23. The van der Waals surface area contributed by atoms with Crippen LogP contribution in [0, 0.1) is 0 Å². The van der Waals surface area contributed by atoms with Gasteiger partial charge in [-0.05, 0) is 25.7 Å². The summed E-state index contributed by atoms with van der Waals surface area (Å²) in [4.78, 5) is 17.9. The van der Waals surface area contributed by atoms with E-state index in [1.807, 2.05) is 0 Å². The summed E-state index contributed by atoms with van der Waals surface area (Å²) < 4.78 is 24.6. The molecule has 0 radical (unpaired) electrons. The fourth-order valence-electron chi connectivity index (χ4n) is 2.76. The lowest BCUT2D eigenvalue weighted by atomic mass is 10.2. The monoisotopic (exact) mass is 397 g/mol. The number of carbonyl (C=O) groups is 1. The minimum Gasteiger partial charge on any atom is -0.291 e. The molecule has 0 aromatic carbocycles. The Morgan fingerprint density at radius 3 is 2.88 bits per heavy atom. The Hall–Kier alpha value is -1.94. The lowest BCUT2D eigenvalue weighted by Crippen LogP contribution is -2.20. The van der Waals surface area contributed by atoms with Crippen molar-refractivity contribution in [1.82, 2.24) is 14.8 Å². The minimum absolute atomic E-state index is 0.0293. The molecule has 2 N–H and O–H groups in total. The molecule has 2 heterocycles. The average molecular weight is 398 g/mol. The summed E-state index contributed by atoms with van der Waals surface area (Å²) in [5.74, 6) is 0.510. The van der Waals surface area contributed by atoms with Crippen molar-refractivity contribution in [3.8, 4) is 0 Å². The van der Waals surface area contributed by atoms with Gasteiger partial charge in [-0.15, -0.1) is 11.3 Å². The Kier molecular flexibility index (Phi) is 5.92. The van der Waals surface area contributed by atoms with Crippen LogP contribution in [0.4, 0.5) is 15.7 Å². The van der Waals surface area contributed by atoms with E-state index in [2.05, 4.69) is 20.7 Å². The SMILES string of the molecule is CCS(=O)(=O)CCn1ccc(NC(=O)Nc2nc3c(s2)CCCCC3)n1. The third-order valence-corrected chi connectivity index (χ3v) is 7.03. The minimum atomic E-state index is -3.04. The molecule has 0 atom stereocenters. The van der Waals surface area contributed by atoms with Crippen molar-refractivity contribution in [1.29, 1.82) is 0 Å². The molecule has 2 amide bonds. The van der Waals surface area contributed by atoms with Gasteiger partial charge in [0.2, 0.25) is 0 Å². The van der Waals surface area contributed by atoms with E-state index < -0.39 is 15.9 Å². The van der Waals surface area contributed by atoms with E-state index in [0.29, 0.717) is 10.9 Å². The predicted octanol–water partition coefficient (Wildman–Crippen LogP) is 2.69. The molecule has 8 nitrogen and oxygen atoms in total. The van der Waals surface area contributed by atoms with E-state index in [-0.39, 0.29) is 18.1 Å². The smallest absolute Gasteiger partial charge is 0.291 e. The molecule has 0 fully saturated rings. The number of hydrogen-bond acceptors (Lipinski definition) is 6. The van der Waals surface area contributed by atoms with Crippen molar-refractivity contribution in [3.63, 3.8) is 0 Å². The van der Waals surface area contributed by atoms with Gasteiger partial charge in [0, 0.05) is 22.9 Å². The fraction of sp³-hybridized carbons (Fsp3) is 0.562. The summed E-state index contributed by atoms with van der Waals surface area (Å²) in [6.07, 6.45) is 7.20. The summed E-state index contributed by atoms with van der Waals surface area (Å²) in [6, 6.07) is 1.23. The number of fused-ring (bicyclic) bond motifs is 1. The van der Waals surface area contributed by atoms with Crippen molar-refractivity contribution in [3.05, 3.63) is 22.8 Å². The molecule has 0 unspecified atom stereocenters. The molecule has 2 aromatic rings. The van der Waals surface area contributed by atoms with Gasteiger partial charge in [0.1, 0.15) is 0 Å². The Balaban J connectivity index is 1.54. The van der Waals surface area contributed by atoms with Gasteiger partial charge in [0.15, 0.2) is 20.8 Å². The first-order valence-corrected chi connectivity index (χ1v) is 11.4. The number of aromatic nitrogens is 3. The maximum Gasteiger partial charge on any atom is 0.326 e. The first-order valence-electron chi connectivity index (χ1n) is 8.75. The number of sulfone groups is 1. The second-order valence-corrected chi connectivity index (χ2v) is 9.79. The van der Waals surface area contributed by atoms with Crippen LogP contribution >= 0.6 is 11.3 Å². The summed E-state index contributed by atoms with van der Waals surface area (Å²) in [6.45, 7) is 1.88. The highest BCUT2D eigenvalue weighted by molar-refractivity contribution is 7.91. The maximum absolute atomic E-state index is 12.1. The van der Waals surface area contributed by atoms with Crippen LogP contribution in [0.25, 0.3) is 0 Å². The van der Waals surface area contributed by atoms with Crippen LogP contribution in [0.1, 0.15) is 36.8 Å². The van der Waals surface area contributed by atoms with Gasteiger partial charge in [-0.25, -0.2) is 18.2 Å². The topological polar surface area (TPSA) is 106 Å². The van der Waals surface area contributed by atoms with Crippen molar-refractivity contribution < 1.29 is 13.2 Å². The van der Waals surface area contributed by atoms with E-state index in [1.54, 1.807) is 19.2 Å². The standard InChI is InChI=1S/C16H23N5O3S2/c1-2-26(23,24)11-10-21-9-8-14(20-21)18-15(22)19-16-17-12-6-4-3-5-7-13(12)25-16/h8-9H,2-7,10-11H2,1H3,(H2,17,18,19,20,22). The van der Waals surface area contributed by atoms with Gasteiger partial charge in [-0.1, -0.05) is 13.3 Å². The average Bonchev–Trinajstić information content (AvgIpc) is 3.14. The van der Waals surface area contributed by atoms with E-state index in [0.717, 1.165) is 25.0 Å². The van der Waals surface area contributed by atoms with Gasteiger partial charge in [-0.3, -0.25) is 15.3 Å². The molecular weight excluding hydrogens is 374 g/mol. The zero-order chi connectivity index (χ0) is 18.6. The summed E-state index contributed by atoms with van der Waals surface area (Å²) in [5.41, 5.74) is 1.10. The Morgan fingerprint density at radius 1 is 1.27 bits per heavy atom. The van der Waals surface area contributed by atoms with Crippen LogP contribution in [0.15, 0.2) is 12.3 Å². The lowest BCUT2D eigenvalue weighted by Gasteiger charge is -2.03. The number of thiazole rings is 1. The second kappa shape index (κ2) is 8.17. The molecule has 0 aliphatic heterocycles. The number of amides is 2. The molecule has 142 valence electrons. The van der Waals surface area contributed by atoms with Crippen LogP contribution in [-0.4, -0.2) is 40.7 Å². The highest BCUT2D eigenvalue weighted by Gasteiger charge is 2.16. The van der Waals surface area contributed by atoms with Gasteiger partial charge < -0.3 is 0 Å². The number of aryl methyl sites for hydroxylation is 3. The highest BCUT2D eigenvalue weighted by Crippen LogP contribution is 2.28. The van der Waals surface area contributed by atoms with Crippen molar-refractivity contribution in [2.75, 3.05) is 22.1 Å². The van der Waals surface area contributed by atoms with Gasteiger partial charge in [0.25, 0.3) is 0 Å². The molecule has 0 saturated carbocycles. The third-order valence-electron chi connectivity index (χ3n) is 4.27. The molecule has 1 aliphatic rings. The number of carbonyl (C=O) groups excluding carboxylic acids is 1. The molecule has 10 heteroatoms. The number of hydrogen-bond donors (Lipinski definition) is 2. The lowest BCUT2D eigenvalue weighted by molar-refractivity contribution is 0.262. The third kappa shape index (κ3) is 5.04. The van der Waals surface area contributed by atoms with Crippen molar-refractivity contribution in [2.24, 2.45) is 0 Å². The van der Waals surface area contributed by atoms with Crippen molar-refractivity contribution >= 4 is 38.2 Å². The first-order chi connectivity index (χ1) is 12.4. The number of rotatable bonds is 6. The largest absolute Gasteiger partial charge is 0.326 e. The molecule has 26 heavy (non-hydrogen) atoms. The summed E-state index contributed by atoms with van der Waals surface area (Å²) in [7, 11) is -3.04. The van der Waals surface area contributed by atoms with E-state index in [1.165, 1.54) is 33.7 Å². The van der Waals surface area contributed by atoms with Gasteiger partial charge >= 0.3 is 6.03 Å². The zero-order valence-corrected chi connectivity index (χ0v) is 16.3. The molecule has 2 aromatic heterocycles. The molecule has 0 saturated heterocycles. The first kappa shape index (κ1) is 18.8. The van der Waals surface area contributed by atoms with Crippen LogP contribution in [0.2, 0.25) is 0 Å². The van der Waals surface area contributed by atoms with E-state index >= 15 is 0 Å². The van der Waals surface area contributed by atoms with Gasteiger partial charge in [-0.2, -0.15) is 5.10 Å². The molecule has 0 bridgehead atoms. The summed E-state index contributed by atoms with van der Waals surface area (Å²) in [5, 5.41) is 10.2. The fourth-order valence-corrected chi connectivity index (χ4v) is 4.56. The van der Waals surface area contributed by atoms with Crippen LogP contribution in [-0.2, 0) is 29.2 Å². The number of anilines is 2. The molecular formula is C16H23N5O3S2. The zero-order valence-electron chi connectivity index (χ0n) is 14.7. The summed E-state index contributed by atoms with van der Waals surface area (Å²) >= 11 is 1.53. The molecule has 0 spiro atoms. The van der Waals surface area contributed by atoms with Crippen molar-refractivity contribution in [2.45, 2.75) is 45.6 Å². The van der Waals surface area contributed by atoms with Crippen LogP contribution in [0.5, 0.6) is 0 Å². The Labute approximate surface area is 156 Å². The number of urea groups is 1. The van der Waals surface area contributed by atoms with Crippen LogP contribution in [0.3, 0.4) is 0 Å².